The molecule has 0 aliphatic carbocycles. The topological polar surface area (TPSA) is 91.5 Å². The molecule has 2 aromatic heterocycles. The van der Waals surface area contributed by atoms with Gasteiger partial charge in [0.25, 0.3) is 5.56 Å². The molecule has 1 saturated heterocycles. The molecule has 1 fully saturated rings. The zero-order valence-electron chi connectivity index (χ0n) is 21.4. The molecule has 0 bridgehead atoms. The Morgan fingerprint density at radius 1 is 0.949 bits per heavy atom. The second kappa shape index (κ2) is 10.6. The van der Waals surface area contributed by atoms with E-state index in [2.05, 4.69) is 9.88 Å². The van der Waals surface area contributed by atoms with Gasteiger partial charge in [0.05, 0.1) is 24.4 Å². The van der Waals surface area contributed by atoms with E-state index in [0.717, 1.165) is 11.1 Å². The van der Waals surface area contributed by atoms with Crippen LogP contribution in [-0.4, -0.2) is 53.7 Å². The van der Waals surface area contributed by atoms with Gasteiger partial charge in [-0.2, -0.15) is 5.26 Å². The van der Waals surface area contributed by atoms with E-state index in [9.17, 15) is 23.6 Å². The molecule has 4 aromatic rings. The minimum Gasteiger partial charge on any atom is -0.464 e. The Kier molecular flexibility index (Phi) is 7.09. The first kappa shape index (κ1) is 26.0. The van der Waals surface area contributed by atoms with E-state index in [-0.39, 0.29) is 28.9 Å². The van der Waals surface area contributed by atoms with Crippen molar-refractivity contribution in [3.8, 4) is 6.07 Å². The number of anilines is 1. The number of aromatic nitrogens is 2. The number of pyridine rings is 2. The largest absolute Gasteiger partial charge is 0.464 e. The van der Waals surface area contributed by atoms with Crippen molar-refractivity contribution >= 4 is 22.7 Å². The number of methoxy groups -OCH3 is 1. The van der Waals surface area contributed by atoms with Gasteiger partial charge in [0.1, 0.15) is 34.5 Å². The first-order valence-electron chi connectivity index (χ1n) is 12.3. The fourth-order valence-electron chi connectivity index (χ4n) is 5.13. The van der Waals surface area contributed by atoms with Crippen molar-refractivity contribution in [1.82, 2.24) is 14.5 Å². The molecule has 1 aliphatic heterocycles. The van der Waals surface area contributed by atoms with E-state index in [1.54, 1.807) is 37.4 Å². The highest BCUT2D eigenvalue weighted by Gasteiger charge is 2.30. The number of esters is 1. The summed E-state index contributed by atoms with van der Waals surface area (Å²) in [6, 6.07) is 17.4. The summed E-state index contributed by atoms with van der Waals surface area (Å²) in [5.74, 6) is -1.31. The van der Waals surface area contributed by atoms with Crippen molar-refractivity contribution in [2.75, 3.05) is 38.2 Å². The van der Waals surface area contributed by atoms with Crippen molar-refractivity contribution in [2.45, 2.75) is 6.04 Å². The summed E-state index contributed by atoms with van der Waals surface area (Å²) in [4.78, 5) is 33.9. The minimum absolute atomic E-state index is 0.0541. The lowest BCUT2D eigenvalue weighted by Gasteiger charge is -2.41. The second-order valence-corrected chi connectivity index (χ2v) is 9.28. The molecule has 0 saturated carbocycles. The second-order valence-electron chi connectivity index (χ2n) is 9.28. The lowest BCUT2D eigenvalue weighted by Crippen LogP contribution is -2.48. The zero-order chi connectivity index (χ0) is 27.7. The highest BCUT2D eigenvalue weighted by atomic mass is 19.1. The number of ether oxygens (including phenoxy) is 1. The zero-order valence-corrected chi connectivity index (χ0v) is 21.4. The van der Waals surface area contributed by atoms with Crippen LogP contribution < -0.4 is 10.5 Å². The predicted molar refractivity (Wildman–Crippen MR) is 141 cm³/mol. The fraction of sp³-hybridized carbons (Fsp3) is 0.241. The number of benzene rings is 2. The van der Waals surface area contributed by atoms with E-state index in [1.165, 1.54) is 42.0 Å². The van der Waals surface area contributed by atoms with Gasteiger partial charge in [-0.05, 0) is 47.5 Å². The summed E-state index contributed by atoms with van der Waals surface area (Å²) >= 11 is 0. The normalized spacial score (nSPS) is 14.0. The van der Waals surface area contributed by atoms with Crippen LogP contribution in [0.25, 0.3) is 11.0 Å². The molecule has 8 nitrogen and oxygen atoms in total. The van der Waals surface area contributed by atoms with Crippen LogP contribution in [0.1, 0.15) is 33.2 Å². The summed E-state index contributed by atoms with van der Waals surface area (Å²) in [5.41, 5.74) is 2.50. The van der Waals surface area contributed by atoms with E-state index >= 15 is 0 Å². The van der Waals surface area contributed by atoms with Crippen LogP contribution in [0, 0.1) is 23.0 Å². The number of hydrogen-bond donors (Lipinski definition) is 0. The molecule has 10 heteroatoms. The van der Waals surface area contributed by atoms with Gasteiger partial charge in [-0.15, -0.1) is 0 Å². The van der Waals surface area contributed by atoms with Crippen LogP contribution in [0.4, 0.5) is 14.5 Å². The Bertz CT molecular complexity index is 1590. The molecular weight excluding hydrogens is 504 g/mol. The third-order valence-corrected chi connectivity index (χ3v) is 7.09. The van der Waals surface area contributed by atoms with Crippen molar-refractivity contribution in [3.63, 3.8) is 0 Å². The summed E-state index contributed by atoms with van der Waals surface area (Å²) in [6.07, 6.45) is 0. The molecule has 39 heavy (non-hydrogen) atoms. The lowest BCUT2D eigenvalue weighted by molar-refractivity contribution is 0.0594. The highest BCUT2D eigenvalue weighted by molar-refractivity contribution is 5.96. The number of nitrogens with zero attached hydrogens (tertiary/aromatic N) is 5. The number of nitriles is 1. The third-order valence-electron chi connectivity index (χ3n) is 7.09. The van der Waals surface area contributed by atoms with Crippen LogP contribution in [0.15, 0.2) is 65.5 Å². The standard InChI is InChI=1S/C29H25F2N5O3/c1-34-24-12-11-23(29(38)39-2)33-25(24)27(22(17-32)28(34)37)36-15-13-35(14-16-36)26(18-3-7-20(30)8-4-18)19-5-9-21(31)10-6-19/h3-12,26H,13-16H2,1-2H3. The molecule has 0 unspecified atom stereocenters. The van der Waals surface area contributed by atoms with Crippen LogP contribution in [0.3, 0.4) is 0 Å². The van der Waals surface area contributed by atoms with Crippen molar-refractivity contribution < 1.29 is 18.3 Å². The molecule has 5 rings (SSSR count). The Morgan fingerprint density at radius 2 is 1.51 bits per heavy atom. The maximum absolute atomic E-state index is 13.7. The molecule has 0 N–H and O–H groups in total. The molecule has 1 aliphatic rings. The van der Waals surface area contributed by atoms with E-state index in [1.807, 2.05) is 11.0 Å². The first-order chi connectivity index (χ1) is 18.8. The quantitative estimate of drug-likeness (QED) is 0.364. The molecule has 0 spiro atoms. The van der Waals surface area contributed by atoms with Crippen LogP contribution in [-0.2, 0) is 11.8 Å². The Balaban J connectivity index is 1.53. The molecule has 0 amide bonds. The van der Waals surface area contributed by atoms with Gasteiger partial charge in [0, 0.05) is 33.2 Å². The lowest BCUT2D eigenvalue weighted by atomic mass is 9.96. The number of hydrogen-bond acceptors (Lipinski definition) is 7. The van der Waals surface area contributed by atoms with Gasteiger partial charge < -0.3 is 14.2 Å². The maximum atomic E-state index is 13.7. The van der Waals surface area contributed by atoms with Crippen LogP contribution in [0.5, 0.6) is 0 Å². The van der Waals surface area contributed by atoms with Gasteiger partial charge in [0.2, 0.25) is 0 Å². The third kappa shape index (κ3) is 4.84. The number of rotatable bonds is 5. The highest BCUT2D eigenvalue weighted by Crippen LogP contribution is 2.33. The average Bonchev–Trinajstić information content (AvgIpc) is 2.96. The molecule has 3 heterocycles. The molecular formula is C29H25F2N5O3. The van der Waals surface area contributed by atoms with Gasteiger partial charge >= 0.3 is 5.97 Å². The van der Waals surface area contributed by atoms with E-state index in [4.69, 9.17) is 4.74 Å². The van der Waals surface area contributed by atoms with Gasteiger partial charge in [-0.25, -0.2) is 18.6 Å². The minimum atomic E-state index is -0.624. The summed E-state index contributed by atoms with van der Waals surface area (Å²) < 4.78 is 33.5. The molecule has 0 atom stereocenters. The number of carbonyl (C=O) groups excluding carboxylic acids is 1. The maximum Gasteiger partial charge on any atom is 0.356 e. The number of aryl methyl sites for hydroxylation is 1. The van der Waals surface area contributed by atoms with Crippen molar-refractivity contribution in [2.24, 2.45) is 7.05 Å². The number of piperazine rings is 1. The summed E-state index contributed by atoms with van der Waals surface area (Å²) in [7, 11) is 2.82. The monoisotopic (exact) mass is 529 g/mol. The Morgan fingerprint density at radius 3 is 2.03 bits per heavy atom. The number of halogens is 2. The predicted octanol–water partition coefficient (Wildman–Crippen LogP) is 3.78. The smallest absolute Gasteiger partial charge is 0.356 e. The Labute approximate surface area is 223 Å². The van der Waals surface area contributed by atoms with Gasteiger partial charge in [-0.3, -0.25) is 9.69 Å². The summed E-state index contributed by atoms with van der Waals surface area (Å²) in [6.45, 7) is 1.94. The molecule has 198 valence electrons. The van der Waals surface area contributed by atoms with E-state index in [0.29, 0.717) is 42.9 Å². The van der Waals surface area contributed by atoms with Crippen molar-refractivity contribution in [3.05, 3.63) is 105 Å². The van der Waals surface area contributed by atoms with Crippen LogP contribution >= 0.6 is 0 Å². The summed E-state index contributed by atoms with van der Waals surface area (Å²) in [5, 5.41) is 9.94. The van der Waals surface area contributed by atoms with Gasteiger partial charge in [-0.1, -0.05) is 24.3 Å². The molecule has 2 aromatic carbocycles. The first-order valence-corrected chi connectivity index (χ1v) is 12.3. The number of fused-ring (bicyclic) bond motifs is 1. The fourth-order valence-corrected chi connectivity index (χ4v) is 5.13. The molecule has 0 radical (unpaired) electrons. The van der Waals surface area contributed by atoms with E-state index < -0.39 is 11.5 Å². The SMILES string of the molecule is COC(=O)c1ccc2c(n1)c(N1CCN(C(c3ccc(F)cc3)c3ccc(F)cc3)CC1)c(C#N)c(=O)n2C. The van der Waals surface area contributed by atoms with Gasteiger partial charge in [0.15, 0.2) is 0 Å². The van der Waals surface area contributed by atoms with Crippen LogP contribution in [0.2, 0.25) is 0 Å². The van der Waals surface area contributed by atoms with Crippen molar-refractivity contribution in [1.29, 1.82) is 5.26 Å². The average molecular weight is 530 g/mol. The Hall–Kier alpha value is -4.62. The number of carbonyl (C=O) groups is 1.